The van der Waals surface area contributed by atoms with E-state index >= 15 is 0 Å². The van der Waals surface area contributed by atoms with Gasteiger partial charge in [0.05, 0.1) is 12.1 Å². The summed E-state index contributed by atoms with van der Waals surface area (Å²) in [6.07, 6.45) is 3.87. The van der Waals surface area contributed by atoms with Crippen LogP contribution in [-0.2, 0) is 11.3 Å². The quantitative estimate of drug-likeness (QED) is 0.825. The summed E-state index contributed by atoms with van der Waals surface area (Å²) in [6, 6.07) is 4.29. The Balaban J connectivity index is 1.71. The Kier molecular flexibility index (Phi) is 4.40. The minimum absolute atomic E-state index is 0.138. The summed E-state index contributed by atoms with van der Waals surface area (Å²) < 4.78 is 7.28. The Morgan fingerprint density at radius 1 is 1.44 bits per heavy atom. The highest BCUT2D eigenvalue weighted by atomic mass is 79.9. The number of nitrogens with zero attached hydrogens (tertiary/aromatic N) is 3. The number of piperidine rings is 1. The van der Waals surface area contributed by atoms with Crippen LogP contribution in [0.4, 0.5) is 0 Å². The molecule has 0 saturated carbocycles. The third-order valence-electron chi connectivity index (χ3n) is 4.97. The molecule has 0 aromatic carbocycles. The zero-order valence-corrected chi connectivity index (χ0v) is 15.7. The van der Waals surface area contributed by atoms with Crippen LogP contribution in [-0.4, -0.2) is 40.6 Å². The number of hydrogen-bond donors (Lipinski definition) is 2. The molecule has 2 aliphatic heterocycles. The number of H-pyrrole nitrogens is 1. The molecule has 0 bridgehead atoms. The average molecular weight is 402 g/mol. The van der Waals surface area contributed by atoms with Crippen molar-refractivity contribution in [1.82, 2.24) is 20.2 Å². The first-order valence-electron chi connectivity index (χ1n) is 8.63. The Labute approximate surface area is 155 Å². The van der Waals surface area contributed by atoms with Gasteiger partial charge in [-0.1, -0.05) is 6.92 Å². The fourth-order valence-corrected chi connectivity index (χ4v) is 3.92. The maximum atomic E-state index is 9.57. The van der Waals surface area contributed by atoms with E-state index in [2.05, 4.69) is 49.1 Å². The van der Waals surface area contributed by atoms with Crippen LogP contribution in [0.2, 0.25) is 0 Å². The van der Waals surface area contributed by atoms with E-state index < -0.39 is 0 Å². The summed E-state index contributed by atoms with van der Waals surface area (Å²) in [4.78, 5) is 10.2. The molecule has 2 aromatic rings. The smallest absolute Gasteiger partial charge is 0.163 e. The largest absolute Gasteiger partial charge is 0.487 e. The first-order chi connectivity index (χ1) is 12.2. The molecule has 2 aliphatic rings. The molecule has 2 aromatic heterocycles. The molecule has 4 rings (SSSR count). The van der Waals surface area contributed by atoms with Gasteiger partial charge in [-0.25, -0.2) is 4.98 Å². The Bertz CT molecular complexity index is 873. The number of aromatic nitrogens is 2. The Morgan fingerprint density at radius 2 is 2.24 bits per heavy atom. The number of ether oxygens (including phenoxy) is 1. The van der Waals surface area contributed by atoms with E-state index in [1.807, 2.05) is 6.07 Å². The lowest BCUT2D eigenvalue weighted by Crippen LogP contribution is -2.37. The number of halogens is 1. The number of pyridine rings is 1. The topological polar surface area (TPSA) is 77.0 Å². The molecule has 4 heterocycles. The molecule has 6 nitrogen and oxygen atoms in total. The van der Waals surface area contributed by atoms with Crippen molar-refractivity contribution in [2.75, 3.05) is 19.6 Å². The second-order valence-electron chi connectivity index (χ2n) is 6.45. The molecule has 25 heavy (non-hydrogen) atoms. The predicted octanol–water partition coefficient (Wildman–Crippen LogP) is 3.12. The number of rotatable bonds is 3. The standard InChI is InChI=1S/C18H20BrN5O/c1-2-24-5-3-12(4-6-24)25-17-14(8-20)21-10-15-16(17)13-7-11(19)9-22-18(13)23-15/h7,9,12,21H,2-6,10H2,1H3,(H,22,23). The van der Waals surface area contributed by atoms with Crippen LogP contribution in [0.15, 0.2) is 22.4 Å². The fraction of sp³-hybridized carbons (Fsp3) is 0.444. The fourth-order valence-electron chi connectivity index (χ4n) is 3.59. The summed E-state index contributed by atoms with van der Waals surface area (Å²) in [5, 5.41) is 13.7. The number of allylic oxidation sites excluding steroid dienone is 1. The summed E-state index contributed by atoms with van der Waals surface area (Å²) in [5.41, 5.74) is 3.31. The molecular formula is C18H20BrN5O. The van der Waals surface area contributed by atoms with Crippen molar-refractivity contribution in [3.63, 3.8) is 0 Å². The maximum Gasteiger partial charge on any atom is 0.163 e. The summed E-state index contributed by atoms with van der Waals surface area (Å²) >= 11 is 3.49. The Morgan fingerprint density at radius 3 is 2.96 bits per heavy atom. The number of nitriles is 1. The molecule has 130 valence electrons. The number of hydrogen-bond acceptors (Lipinski definition) is 5. The average Bonchev–Trinajstić information content (AvgIpc) is 3.00. The van der Waals surface area contributed by atoms with Crippen LogP contribution in [0.3, 0.4) is 0 Å². The van der Waals surface area contributed by atoms with Crippen LogP contribution in [0.1, 0.15) is 31.0 Å². The third kappa shape index (κ3) is 3.00. The van der Waals surface area contributed by atoms with Crippen molar-refractivity contribution >= 4 is 32.7 Å². The van der Waals surface area contributed by atoms with Gasteiger partial charge in [0, 0.05) is 34.8 Å². The zero-order chi connectivity index (χ0) is 17.4. The van der Waals surface area contributed by atoms with Gasteiger partial charge in [-0.2, -0.15) is 5.26 Å². The number of aromatic amines is 1. The SMILES string of the molecule is CCN1CCC(OC2=C(C#N)NCc3[nH]c4ncc(Br)cc4c32)CC1. The van der Waals surface area contributed by atoms with Gasteiger partial charge in [0.1, 0.15) is 17.8 Å². The van der Waals surface area contributed by atoms with Gasteiger partial charge in [0.2, 0.25) is 0 Å². The van der Waals surface area contributed by atoms with Crippen molar-refractivity contribution in [2.45, 2.75) is 32.4 Å². The molecule has 1 fully saturated rings. The number of fused-ring (bicyclic) bond motifs is 3. The van der Waals surface area contributed by atoms with Gasteiger partial charge in [0.15, 0.2) is 11.5 Å². The predicted molar refractivity (Wildman–Crippen MR) is 99.4 cm³/mol. The highest BCUT2D eigenvalue weighted by molar-refractivity contribution is 9.10. The number of nitrogens with one attached hydrogen (secondary N) is 2. The lowest BCUT2D eigenvalue weighted by Gasteiger charge is -2.32. The van der Waals surface area contributed by atoms with Crippen molar-refractivity contribution in [1.29, 1.82) is 5.26 Å². The summed E-state index contributed by atoms with van der Waals surface area (Å²) in [6.45, 7) is 5.92. The lowest BCUT2D eigenvalue weighted by molar-refractivity contribution is 0.0816. The van der Waals surface area contributed by atoms with Crippen LogP contribution >= 0.6 is 15.9 Å². The Hall–Kier alpha value is -2.04. The van der Waals surface area contributed by atoms with E-state index in [1.165, 1.54) is 0 Å². The van der Waals surface area contributed by atoms with Crippen molar-refractivity contribution in [3.8, 4) is 6.07 Å². The third-order valence-corrected chi connectivity index (χ3v) is 5.40. The normalized spacial score (nSPS) is 18.8. The van der Waals surface area contributed by atoms with Crippen molar-refractivity contribution in [2.24, 2.45) is 0 Å². The maximum absolute atomic E-state index is 9.57. The van der Waals surface area contributed by atoms with Crippen LogP contribution in [0.5, 0.6) is 0 Å². The van der Waals surface area contributed by atoms with E-state index in [0.717, 1.165) is 59.2 Å². The summed E-state index contributed by atoms with van der Waals surface area (Å²) in [5.74, 6) is 0.657. The monoisotopic (exact) mass is 401 g/mol. The van der Waals surface area contributed by atoms with E-state index in [9.17, 15) is 5.26 Å². The molecule has 0 amide bonds. The highest BCUT2D eigenvalue weighted by Gasteiger charge is 2.29. The van der Waals surface area contributed by atoms with Gasteiger partial charge in [-0.15, -0.1) is 0 Å². The van der Waals surface area contributed by atoms with Gasteiger partial charge in [-0.3, -0.25) is 0 Å². The van der Waals surface area contributed by atoms with Gasteiger partial charge in [-0.05, 0) is 41.4 Å². The zero-order valence-electron chi connectivity index (χ0n) is 14.1. The summed E-state index contributed by atoms with van der Waals surface area (Å²) in [7, 11) is 0. The van der Waals surface area contributed by atoms with E-state index in [0.29, 0.717) is 18.0 Å². The molecule has 0 aliphatic carbocycles. The molecule has 0 radical (unpaired) electrons. The molecular weight excluding hydrogens is 382 g/mol. The molecule has 0 unspecified atom stereocenters. The van der Waals surface area contributed by atoms with Crippen molar-refractivity contribution < 1.29 is 4.74 Å². The van der Waals surface area contributed by atoms with Gasteiger partial charge >= 0.3 is 0 Å². The lowest BCUT2D eigenvalue weighted by atomic mass is 10.0. The molecule has 0 spiro atoms. The van der Waals surface area contributed by atoms with E-state index in [4.69, 9.17) is 4.74 Å². The second kappa shape index (κ2) is 6.70. The minimum atomic E-state index is 0.138. The van der Waals surface area contributed by atoms with Crippen LogP contribution < -0.4 is 5.32 Å². The minimum Gasteiger partial charge on any atom is -0.487 e. The van der Waals surface area contributed by atoms with Crippen molar-refractivity contribution in [3.05, 3.63) is 33.7 Å². The second-order valence-corrected chi connectivity index (χ2v) is 7.36. The first-order valence-corrected chi connectivity index (χ1v) is 9.42. The molecule has 1 saturated heterocycles. The van der Waals surface area contributed by atoms with Crippen LogP contribution in [0.25, 0.3) is 16.8 Å². The first kappa shape index (κ1) is 16.4. The van der Waals surface area contributed by atoms with E-state index in [-0.39, 0.29) is 6.10 Å². The van der Waals surface area contributed by atoms with Gasteiger partial charge in [0.25, 0.3) is 0 Å². The highest BCUT2D eigenvalue weighted by Crippen LogP contribution is 2.36. The number of likely N-dealkylation sites (tertiary alicyclic amines) is 1. The molecule has 2 N–H and O–H groups in total. The van der Waals surface area contributed by atoms with E-state index in [1.54, 1.807) is 6.20 Å². The van der Waals surface area contributed by atoms with Crippen LogP contribution in [0, 0.1) is 11.3 Å². The molecule has 7 heteroatoms. The molecule has 0 atom stereocenters. The van der Waals surface area contributed by atoms with Gasteiger partial charge < -0.3 is 19.9 Å².